The zero-order valence-electron chi connectivity index (χ0n) is 13.8. The molecule has 0 atom stereocenters. The van der Waals surface area contributed by atoms with Crippen molar-refractivity contribution in [2.75, 3.05) is 0 Å². The molecule has 0 fully saturated rings. The van der Waals surface area contributed by atoms with Crippen molar-refractivity contribution in [3.8, 4) is 0 Å². The van der Waals surface area contributed by atoms with Crippen LogP contribution in [-0.2, 0) is 23.9 Å². The van der Waals surface area contributed by atoms with Gasteiger partial charge >= 0.3 is 6.18 Å². The van der Waals surface area contributed by atoms with Crippen molar-refractivity contribution in [3.63, 3.8) is 0 Å². The second-order valence-corrected chi connectivity index (χ2v) is 5.43. The lowest BCUT2D eigenvalue weighted by Gasteiger charge is -2.11. The summed E-state index contributed by atoms with van der Waals surface area (Å²) in [6.45, 7) is 1.29. The van der Waals surface area contributed by atoms with Crippen molar-refractivity contribution in [3.05, 3.63) is 69.6 Å². The largest absolute Gasteiger partial charge is 0.417 e. The Hall–Kier alpha value is -3.10. The molecule has 0 aliphatic heterocycles. The number of carbonyl (C=O) groups is 2. The third-order valence-electron chi connectivity index (χ3n) is 3.56. The Morgan fingerprint density at radius 1 is 1.04 bits per heavy atom. The van der Waals surface area contributed by atoms with Crippen molar-refractivity contribution in [1.82, 2.24) is 15.4 Å². The van der Waals surface area contributed by atoms with Crippen molar-refractivity contribution < 1.29 is 22.8 Å². The van der Waals surface area contributed by atoms with Gasteiger partial charge in [0.25, 0.3) is 17.4 Å². The molecule has 138 valence electrons. The standard InChI is InChI=1S/C17H16F3N3O3/c1-2-11-3-5-12(6-4-11)16(26)22-21-14(24)10-23-9-13(17(18,19)20)7-8-15(23)25/h3-9H,2,10H2,1H3,(H,21,24)(H,22,26). The van der Waals surface area contributed by atoms with Crippen LogP contribution in [0.3, 0.4) is 0 Å². The van der Waals surface area contributed by atoms with Crippen LogP contribution in [0.2, 0.25) is 0 Å². The molecule has 26 heavy (non-hydrogen) atoms. The molecule has 0 saturated carbocycles. The zero-order chi connectivity index (χ0) is 19.3. The van der Waals surface area contributed by atoms with Gasteiger partial charge in [0.1, 0.15) is 6.54 Å². The van der Waals surface area contributed by atoms with Crippen LogP contribution in [0, 0.1) is 0 Å². The van der Waals surface area contributed by atoms with Crippen LogP contribution in [0.25, 0.3) is 0 Å². The van der Waals surface area contributed by atoms with Gasteiger partial charge < -0.3 is 4.57 Å². The topological polar surface area (TPSA) is 80.2 Å². The summed E-state index contributed by atoms with van der Waals surface area (Å²) in [5.41, 5.74) is 3.73. The van der Waals surface area contributed by atoms with Gasteiger partial charge in [-0.3, -0.25) is 25.2 Å². The van der Waals surface area contributed by atoms with Gasteiger partial charge in [-0.15, -0.1) is 0 Å². The van der Waals surface area contributed by atoms with E-state index in [4.69, 9.17) is 0 Å². The number of pyridine rings is 1. The van der Waals surface area contributed by atoms with Crippen LogP contribution in [0.1, 0.15) is 28.4 Å². The fraction of sp³-hybridized carbons (Fsp3) is 0.235. The molecule has 2 N–H and O–H groups in total. The summed E-state index contributed by atoms with van der Waals surface area (Å²) < 4.78 is 38.6. The Balaban J connectivity index is 1.98. The van der Waals surface area contributed by atoms with Crippen LogP contribution in [0.4, 0.5) is 13.2 Å². The Labute approximate surface area is 146 Å². The smallest absolute Gasteiger partial charge is 0.305 e. The van der Waals surface area contributed by atoms with E-state index in [1.54, 1.807) is 24.3 Å². The summed E-state index contributed by atoms with van der Waals surface area (Å²) in [4.78, 5) is 35.3. The molecular weight excluding hydrogens is 351 g/mol. The molecule has 0 bridgehead atoms. The van der Waals surface area contributed by atoms with Crippen molar-refractivity contribution in [2.45, 2.75) is 26.1 Å². The van der Waals surface area contributed by atoms with Crippen molar-refractivity contribution in [1.29, 1.82) is 0 Å². The molecule has 2 aromatic rings. The summed E-state index contributed by atoms with van der Waals surface area (Å²) in [5, 5.41) is 0. The predicted molar refractivity (Wildman–Crippen MR) is 87.1 cm³/mol. The average molecular weight is 367 g/mol. The first kappa shape index (κ1) is 19.2. The number of amides is 2. The maximum absolute atomic E-state index is 12.7. The number of halogens is 3. The van der Waals surface area contributed by atoms with Gasteiger partial charge in [-0.05, 0) is 30.2 Å². The normalized spacial score (nSPS) is 11.1. The van der Waals surface area contributed by atoms with Crippen LogP contribution in [0.15, 0.2) is 47.4 Å². The lowest BCUT2D eigenvalue weighted by molar-refractivity contribution is -0.138. The number of alkyl halides is 3. The van der Waals surface area contributed by atoms with E-state index >= 15 is 0 Å². The monoisotopic (exact) mass is 367 g/mol. The van der Waals surface area contributed by atoms with E-state index in [1.807, 2.05) is 6.92 Å². The number of benzene rings is 1. The zero-order valence-corrected chi connectivity index (χ0v) is 13.8. The van der Waals surface area contributed by atoms with E-state index in [-0.39, 0.29) is 0 Å². The second kappa shape index (κ2) is 7.85. The molecule has 0 unspecified atom stereocenters. The first-order valence-corrected chi connectivity index (χ1v) is 7.66. The molecule has 1 aromatic carbocycles. The number of rotatable bonds is 4. The number of nitrogens with zero attached hydrogens (tertiary/aromatic N) is 1. The maximum Gasteiger partial charge on any atom is 0.417 e. The number of nitrogens with one attached hydrogen (secondary N) is 2. The van der Waals surface area contributed by atoms with Crippen LogP contribution in [-0.4, -0.2) is 16.4 Å². The molecule has 6 nitrogen and oxygen atoms in total. The van der Waals surface area contributed by atoms with Crippen LogP contribution >= 0.6 is 0 Å². The Morgan fingerprint density at radius 2 is 1.69 bits per heavy atom. The average Bonchev–Trinajstić information content (AvgIpc) is 2.60. The van der Waals surface area contributed by atoms with E-state index in [0.717, 1.165) is 18.1 Å². The fourth-order valence-electron chi connectivity index (χ4n) is 2.11. The van der Waals surface area contributed by atoms with E-state index < -0.39 is 35.7 Å². The Kier molecular flexibility index (Phi) is 5.81. The highest BCUT2D eigenvalue weighted by Gasteiger charge is 2.31. The molecule has 0 aliphatic carbocycles. The van der Waals surface area contributed by atoms with Gasteiger partial charge in [0.2, 0.25) is 0 Å². The summed E-state index contributed by atoms with van der Waals surface area (Å²) in [6, 6.07) is 8.05. The fourth-order valence-corrected chi connectivity index (χ4v) is 2.11. The van der Waals surface area contributed by atoms with Crippen LogP contribution in [0.5, 0.6) is 0 Å². The minimum atomic E-state index is -4.63. The van der Waals surface area contributed by atoms with Gasteiger partial charge in [0.15, 0.2) is 0 Å². The number of hydrogen-bond donors (Lipinski definition) is 2. The minimum absolute atomic E-state index is 0.304. The molecule has 1 aromatic heterocycles. The molecule has 1 heterocycles. The molecule has 0 aliphatic rings. The first-order chi connectivity index (χ1) is 12.2. The number of hydrazine groups is 1. The summed E-state index contributed by atoms with van der Waals surface area (Å²) >= 11 is 0. The molecule has 9 heteroatoms. The highest BCUT2D eigenvalue weighted by molar-refractivity contribution is 5.95. The third-order valence-corrected chi connectivity index (χ3v) is 3.56. The van der Waals surface area contributed by atoms with E-state index in [1.165, 1.54) is 0 Å². The van der Waals surface area contributed by atoms with E-state index in [2.05, 4.69) is 10.9 Å². The molecule has 0 saturated heterocycles. The third kappa shape index (κ3) is 4.95. The first-order valence-electron chi connectivity index (χ1n) is 7.66. The maximum atomic E-state index is 12.7. The Morgan fingerprint density at radius 3 is 2.27 bits per heavy atom. The van der Waals surface area contributed by atoms with E-state index in [0.29, 0.717) is 22.4 Å². The second-order valence-electron chi connectivity index (χ2n) is 5.43. The quantitative estimate of drug-likeness (QED) is 0.810. The lowest BCUT2D eigenvalue weighted by atomic mass is 10.1. The summed E-state index contributed by atoms with van der Waals surface area (Å²) in [5.74, 6) is -1.43. The summed E-state index contributed by atoms with van der Waals surface area (Å²) in [7, 11) is 0. The number of aryl methyl sites for hydroxylation is 1. The number of carbonyl (C=O) groups excluding carboxylic acids is 2. The van der Waals surface area contributed by atoms with E-state index in [9.17, 15) is 27.6 Å². The minimum Gasteiger partial charge on any atom is -0.305 e. The Bertz CT molecular complexity index is 858. The molecule has 2 amide bonds. The molecule has 2 rings (SSSR count). The van der Waals surface area contributed by atoms with Gasteiger partial charge in [-0.1, -0.05) is 19.1 Å². The summed E-state index contributed by atoms with van der Waals surface area (Å²) in [6.07, 6.45) is -3.28. The number of aromatic nitrogens is 1. The number of hydrogen-bond acceptors (Lipinski definition) is 3. The van der Waals surface area contributed by atoms with Gasteiger partial charge in [-0.25, -0.2) is 0 Å². The van der Waals surface area contributed by atoms with Gasteiger partial charge in [-0.2, -0.15) is 13.2 Å². The SMILES string of the molecule is CCc1ccc(C(=O)NNC(=O)Cn2cc(C(F)(F)F)ccc2=O)cc1. The molecular formula is C17H16F3N3O3. The van der Waals surface area contributed by atoms with Crippen molar-refractivity contribution in [2.24, 2.45) is 0 Å². The lowest BCUT2D eigenvalue weighted by Crippen LogP contribution is -2.44. The predicted octanol–water partition coefficient (Wildman–Crippen LogP) is 1.89. The molecule has 0 radical (unpaired) electrons. The van der Waals surface area contributed by atoms with Crippen LogP contribution < -0.4 is 16.4 Å². The van der Waals surface area contributed by atoms with Gasteiger partial charge in [0.05, 0.1) is 5.56 Å². The highest BCUT2D eigenvalue weighted by atomic mass is 19.4. The van der Waals surface area contributed by atoms with Crippen molar-refractivity contribution >= 4 is 11.8 Å². The van der Waals surface area contributed by atoms with Gasteiger partial charge in [0, 0.05) is 17.8 Å². The highest BCUT2D eigenvalue weighted by Crippen LogP contribution is 2.27. The molecule has 0 spiro atoms.